The van der Waals surface area contributed by atoms with E-state index >= 15 is 0 Å². The number of imidazole rings is 1. The molecule has 5 aromatic rings. The Labute approximate surface area is 271 Å². The zero-order valence-corrected chi connectivity index (χ0v) is 27.0. The summed E-state index contributed by atoms with van der Waals surface area (Å²) in [6, 6.07) is 7.72. The normalized spacial score (nSPS) is 18.9. The van der Waals surface area contributed by atoms with Gasteiger partial charge in [0.05, 0.1) is 66.9 Å². The van der Waals surface area contributed by atoms with Crippen molar-refractivity contribution in [3.8, 4) is 5.88 Å². The molecular weight excluding hydrogens is 626 g/mol. The number of aromatic nitrogens is 7. The second-order valence-electron chi connectivity index (χ2n) is 11.9. The van der Waals surface area contributed by atoms with Crippen LogP contribution in [0.1, 0.15) is 31.4 Å². The first-order valence-electron chi connectivity index (χ1n) is 15.6. The van der Waals surface area contributed by atoms with Crippen LogP contribution in [0.2, 0.25) is 0 Å². The minimum atomic E-state index is -3.74. The molecule has 2 aliphatic rings. The van der Waals surface area contributed by atoms with E-state index in [0.29, 0.717) is 59.9 Å². The monoisotopic (exact) mass is 663 g/mol. The second-order valence-corrected chi connectivity index (χ2v) is 13.8. The maximum Gasteiger partial charge on any atom is 0.305 e. The van der Waals surface area contributed by atoms with Crippen LogP contribution >= 0.6 is 0 Å². The van der Waals surface area contributed by atoms with Gasteiger partial charge in [-0.3, -0.25) is 13.9 Å². The first kappa shape index (κ1) is 31.0. The lowest BCUT2D eigenvalue weighted by Gasteiger charge is -2.31. The molecular formula is C30H37N11O5S. The molecule has 7 rings (SSSR count). The molecule has 17 heteroatoms. The fourth-order valence-corrected chi connectivity index (χ4v) is 6.95. The summed E-state index contributed by atoms with van der Waals surface area (Å²) in [6.07, 6.45) is 11.1. The van der Waals surface area contributed by atoms with Crippen LogP contribution in [0.15, 0.2) is 49.1 Å². The zero-order chi connectivity index (χ0) is 32.5. The SMILES string of the molecule is Cn1c(CN(c2cnc3cc(N4CCOCC4)nc(OC4CCC(Nc5ccn6nccc6n5)CC4)c3c2)S(C)(=O)=O)cnc1[NH2+][O-]. The molecule has 1 saturated carbocycles. The second kappa shape index (κ2) is 12.9. The Morgan fingerprint density at radius 1 is 1.11 bits per heavy atom. The van der Waals surface area contributed by atoms with E-state index in [4.69, 9.17) is 19.4 Å². The molecule has 5 aromatic heterocycles. The van der Waals surface area contributed by atoms with Crippen molar-refractivity contribution in [3.63, 3.8) is 0 Å². The van der Waals surface area contributed by atoms with E-state index in [1.165, 1.54) is 10.5 Å². The number of hydrogen-bond donors (Lipinski definition) is 2. The summed E-state index contributed by atoms with van der Waals surface area (Å²) in [4.78, 5) is 20.5. The number of nitrogens with two attached hydrogens (primary N) is 1. The number of nitrogens with zero attached hydrogens (tertiary/aromatic N) is 9. The van der Waals surface area contributed by atoms with E-state index in [2.05, 4.69) is 25.3 Å². The first-order chi connectivity index (χ1) is 22.7. The Morgan fingerprint density at radius 3 is 2.66 bits per heavy atom. The summed E-state index contributed by atoms with van der Waals surface area (Å²) in [5.74, 6) is 2.18. The van der Waals surface area contributed by atoms with Gasteiger partial charge in [0.15, 0.2) is 5.65 Å². The smallest absolute Gasteiger partial charge is 0.305 e. The molecule has 1 saturated heterocycles. The summed E-state index contributed by atoms with van der Waals surface area (Å²) in [7, 11) is -2.07. The van der Waals surface area contributed by atoms with Gasteiger partial charge in [0.1, 0.15) is 17.7 Å². The zero-order valence-electron chi connectivity index (χ0n) is 26.2. The molecule has 0 bridgehead atoms. The summed E-state index contributed by atoms with van der Waals surface area (Å²) in [5, 5.41) is 19.7. The lowest BCUT2D eigenvalue weighted by molar-refractivity contribution is -0.507. The average Bonchev–Trinajstić information content (AvgIpc) is 3.69. The van der Waals surface area contributed by atoms with Crippen molar-refractivity contribution in [1.29, 1.82) is 0 Å². The molecule has 0 unspecified atom stereocenters. The maximum absolute atomic E-state index is 13.1. The van der Waals surface area contributed by atoms with Gasteiger partial charge in [0, 0.05) is 44.5 Å². The number of fused-ring (bicyclic) bond motifs is 2. The van der Waals surface area contributed by atoms with Crippen molar-refractivity contribution in [2.24, 2.45) is 7.05 Å². The van der Waals surface area contributed by atoms with E-state index < -0.39 is 10.0 Å². The van der Waals surface area contributed by atoms with Crippen molar-refractivity contribution in [1.82, 2.24) is 34.1 Å². The molecule has 2 fully saturated rings. The standard InChI is InChI=1S/C30H37N11O5S/c1-38-22(18-32-30(38)37-42)19-41(47(2,43)44)21-15-24-25(31-17-21)16-28(39-11-13-45-14-12-39)36-29(24)46-23-5-3-20(4-6-23)34-26-8-10-40-27(35-26)7-9-33-40/h7-10,15-18,20,23H,3-6,11-14,19,37H2,1-2H3,(H,34,35). The molecule has 0 atom stereocenters. The van der Waals surface area contributed by atoms with E-state index in [-0.39, 0.29) is 24.6 Å². The van der Waals surface area contributed by atoms with Gasteiger partial charge in [-0.15, -0.1) is 0 Å². The first-order valence-corrected chi connectivity index (χ1v) is 17.4. The van der Waals surface area contributed by atoms with Gasteiger partial charge in [-0.25, -0.2) is 17.9 Å². The predicted octanol–water partition coefficient (Wildman–Crippen LogP) is 1.70. The number of anilines is 3. The number of quaternary nitrogens is 1. The topological polar surface area (TPSA) is 185 Å². The summed E-state index contributed by atoms with van der Waals surface area (Å²) in [5.41, 5.74) is 2.98. The van der Waals surface area contributed by atoms with Gasteiger partial charge in [0.2, 0.25) is 15.9 Å². The molecule has 16 nitrogen and oxygen atoms in total. The summed E-state index contributed by atoms with van der Waals surface area (Å²) < 4.78 is 42.8. The molecule has 0 radical (unpaired) electrons. The van der Waals surface area contributed by atoms with Gasteiger partial charge >= 0.3 is 5.95 Å². The van der Waals surface area contributed by atoms with Crippen LogP contribution in [-0.4, -0.2) is 87.2 Å². The lowest BCUT2D eigenvalue weighted by atomic mass is 9.93. The van der Waals surface area contributed by atoms with Crippen molar-refractivity contribution >= 4 is 49.8 Å². The van der Waals surface area contributed by atoms with Gasteiger partial charge in [-0.05, 0) is 37.8 Å². The Kier molecular flexibility index (Phi) is 8.52. The molecule has 1 aliphatic carbocycles. The highest BCUT2D eigenvalue weighted by molar-refractivity contribution is 7.92. The number of rotatable bonds is 10. The third-order valence-electron chi connectivity index (χ3n) is 8.73. The van der Waals surface area contributed by atoms with Crippen molar-refractivity contribution in [3.05, 3.63) is 60.0 Å². The fraction of sp³-hybridized carbons (Fsp3) is 0.433. The van der Waals surface area contributed by atoms with E-state index in [9.17, 15) is 13.6 Å². The number of morpholine rings is 1. The number of nitrogens with one attached hydrogen (secondary N) is 1. The Balaban J connectivity index is 1.15. The predicted molar refractivity (Wildman–Crippen MR) is 175 cm³/mol. The minimum Gasteiger partial charge on any atom is -0.628 e. The van der Waals surface area contributed by atoms with Crippen molar-refractivity contribution in [2.45, 2.75) is 44.4 Å². The maximum atomic E-state index is 13.1. The lowest BCUT2D eigenvalue weighted by Crippen LogP contribution is -2.71. The van der Waals surface area contributed by atoms with Crippen molar-refractivity contribution < 1.29 is 23.4 Å². The highest BCUT2D eigenvalue weighted by atomic mass is 32.2. The van der Waals surface area contributed by atoms with Gasteiger partial charge in [0.25, 0.3) is 0 Å². The summed E-state index contributed by atoms with van der Waals surface area (Å²) in [6.45, 7) is 2.57. The third-order valence-corrected chi connectivity index (χ3v) is 9.87. The Bertz CT molecular complexity index is 1980. The molecule has 0 aromatic carbocycles. The molecule has 6 heterocycles. The molecule has 47 heavy (non-hydrogen) atoms. The van der Waals surface area contributed by atoms with Gasteiger partial charge in [-0.2, -0.15) is 15.1 Å². The number of hydrogen-bond acceptors (Lipinski definition) is 12. The Morgan fingerprint density at radius 2 is 1.91 bits per heavy atom. The van der Waals surface area contributed by atoms with E-state index in [1.807, 2.05) is 24.4 Å². The highest BCUT2D eigenvalue weighted by Gasteiger charge is 2.27. The Hall–Kier alpha value is -4.58. The number of ether oxygens (including phenoxy) is 2. The minimum absolute atomic E-state index is 0.0291. The van der Waals surface area contributed by atoms with Crippen LogP contribution in [0.4, 0.5) is 23.3 Å². The summed E-state index contributed by atoms with van der Waals surface area (Å²) >= 11 is 0. The molecule has 1 aliphatic heterocycles. The van der Waals surface area contributed by atoms with E-state index in [1.54, 1.807) is 34.6 Å². The molecule has 0 amide bonds. The third kappa shape index (κ3) is 6.64. The van der Waals surface area contributed by atoms with Crippen LogP contribution in [-0.2, 0) is 28.4 Å². The fourth-order valence-electron chi connectivity index (χ4n) is 6.10. The largest absolute Gasteiger partial charge is 0.628 e. The van der Waals surface area contributed by atoms with Crippen LogP contribution in [0.25, 0.3) is 16.6 Å². The number of sulfonamides is 1. The van der Waals surface area contributed by atoms with Gasteiger partial charge in [-0.1, -0.05) is 0 Å². The molecule has 3 N–H and O–H groups in total. The quantitative estimate of drug-likeness (QED) is 0.207. The highest BCUT2D eigenvalue weighted by Crippen LogP contribution is 2.34. The molecule has 248 valence electrons. The van der Waals surface area contributed by atoms with Gasteiger partial charge < -0.3 is 30.4 Å². The van der Waals surface area contributed by atoms with Crippen LogP contribution in [0.3, 0.4) is 0 Å². The van der Waals surface area contributed by atoms with Crippen molar-refractivity contribution in [2.75, 3.05) is 47.1 Å². The van der Waals surface area contributed by atoms with Crippen LogP contribution < -0.4 is 24.7 Å². The van der Waals surface area contributed by atoms with E-state index in [0.717, 1.165) is 49.2 Å². The van der Waals surface area contributed by atoms with Crippen LogP contribution in [0, 0.1) is 5.21 Å². The number of pyridine rings is 2. The van der Waals surface area contributed by atoms with Crippen LogP contribution in [0.5, 0.6) is 5.88 Å². The molecule has 0 spiro atoms. The average molecular weight is 664 g/mol.